The van der Waals surface area contributed by atoms with Gasteiger partial charge in [0, 0.05) is 27.2 Å². The summed E-state index contributed by atoms with van der Waals surface area (Å²) in [4.78, 5) is 2.15. The molecule has 2 rings (SSSR count). The van der Waals surface area contributed by atoms with Gasteiger partial charge in [-0.1, -0.05) is 0 Å². The van der Waals surface area contributed by atoms with Crippen molar-refractivity contribution >= 4 is 10.0 Å². The third-order valence-electron chi connectivity index (χ3n) is 3.31. The number of sulfonamides is 1. The normalized spacial score (nSPS) is 19.2. The van der Waals surface area contributed by atoms with Crippen molar-refractivity contribution in [3.63, 3.8) is 0 Å². The molecule has 1 aliphatic rings. The van der Waals surface area contributed by atoms with E-state index in [4.69, 9.17) is 4.42 Å². The van der Waals surface area contributed by atoms with Gasteiger partial charge in [0.1, 0.15) is 5.76 Å². The third-order valence-corrected chi connectivity index (χ3v) is 5.00. The molecule has 0 aliphatic carbocycles. The average Bonchev–Trinajstić information content (AvgIpc) is 2.81. The van der Waals surface area contributed by atoms with E-state index in [1.807, 2.05) is 0 Å². The van der Waals surface area contributed by atoms with Crippen LogP contribution in [0.2, 0.25) is 0 Å². The van der Waals surface area contributed by atoms with Crippen LogP contribution >= 0.6 is 0 Å². The quantitative estimate of drug-likeness (QED) is 0.872. The Kier molecular flexibility index (Phi) is 4.29. The van der Waals surface area contributed by atoms with Crippen LogP contribution in [0.4, 0.5) is 0 Å². The highest BCUT2D eigenvalue weighted by molar-refractivity contribution is 7.88. The zero-order valence-electron chi connectivity index (χ0n) is 11.2. The summed E-state index contributed by atoms with van der Waals surface area (Å²) in [6.07, 6.45) is 1.30. The van der Waals surface area contributed by atoms with Crippen LogP contribution in [-0.2, 0) is 16.6 Å². The highest BCUT2D eigenvalue weighted by Gasteiger charge is 2.23. The van der Waals surface area contributed by atoms with Gasteiger partial charge in [-0.15, -0.1) is 0 Å². The predicted octanol–water partition coefficient (Wildman–Crippen LogP) is 0.487. The Morgan fingerprint density at radius 3 is 2.58 bits per heavy atom. The minimum Gasteiger partial charge on any atom is -0.447 e. The summed E-state index contributed by atoms with van der Waals surface area (Å²) in [7, 11) is -0.546. The van der Waals surface area contributed by atoms with Gasteiger partial charge in [-0.25, -0.2) is 12.7 Å². The third kappa shape index (κ3) is 3.36. The fraction of sp³-hybridized carbons (Fsp3) is 0.667. The largest absolute Gasteiger partial charge is 0.447 e. The lowest BCUT2D eigenvalue weighted by molar-refractivity contribution is 0.0753. The first-order chi connectivity index (χ1) is 8.89. The minimum absolute atomic E-state index is 0.0236. The molecule has 6 nitrogen and oxygen atoms in total. The first-order valence-corrected chi connectivity index (χ1v) is 7.75. The fourth-order valence-corrected chi connectivity index (χ4v) is 2.87. The molecule has 1 aromatic heterocycles. The topological polar surface area (TPSA) is 74.0 Å². The van der Waals surface area contributed by atoms with Crippen molar-refractivity contribution in [2.45, 2.75) is 30.6 Å². The number of likely N-dealkylation sites (tertiary alicyclic amines) is 1. The van der Waals surface area contributed by atoms with Crippen molar-refractivity contribution in [3.8, 4) is 0 Å². The lowest BCUT2D eigenvalue weighted by atomic mass is 10.1. The molecule has 2 heterocycles. The maximum absolute atomic E-state index is 11.9. The summed E-state index contributed by atoms with van der Waals surface area (Å²) >= 11 is 0. The highest BCUT2D eigenvalue weighted by Crippen LogP contribution is 2.19. The zero-order chi connectivity index (χ0) is 14.0. The van der Waals surface area contributed by atoms with Gasteiger partial charge in [0.15, 0.2) is 0 Å². The van der Waals surface area contributed by atoms with Crippen molar-refractivity contribution in [2.24, 2.45) is 0 Å². The molecule has 1 saturated heterocycles. The fourth-order valence-electron chi connectivity index (χ4n) is 2.06. The van der Waals surface area contributed by atoms with E-state index in [0.717, 1.165) is 30.2 Å². The Hall–Kier alpha value is -0.890. The molecule has 108 valence electrons. The van der Waals surface area contributed by atoms with E-state index in [0.29, 0.717) is 12.3 Å². The second-order valence-corrected chi connectivity index (χ2v) is 7.10. The number of aliphatic hydroxyl groups is 1. The molecule has 1 aromatic rings. The number of nitrogens with zero attached hydrogens (tertiary/aromatic N) is 2. The van der Waals surface area contributed by atoms with Gasteiger partial charge in [0.05, 0.1) is 12.6 Å². The van der Waals surface area contributed by atoms with E-state index in [2.05, 4.69) is 4.90 Å². The number of rotatable bonds is 4. The Balaban J connectivity index is 2.02. The number of piperidine rings is 1. The molecule has 19 heavy (non-hydrogen) atoms. The minimum atomic E-state index is -3.50. The molecule has 0 aromatic carbocycles. The van der Waals surface area contributed by atoms with Crippen LogP contribution in [0.1, 0.15) is 18.6 Å². The van der Waals surface area contributed by atoms with E-state index in [-0.39, 0.29) is 11.2 Å². The highest BCUT2D eigenvalue weighted by atomic mass is 32.2. The van der Waals surface area contributed by atoms with Crippen LogP contribution in [-0.4, -0.2) is 56.0 Å². The molecule has 0 saturated carbocycles. The molecule has 0 atom stereocenters. The summed E-state index contributed by atoms with van der Waals surface area (Å²) in [5, 5.41) is 9.41. The van der Waals surface area contributed by atoms with Gasteiger partial charge in [-0.2, -0.15) is 0 Å². The van der Waals surface area contributed by atoms with E-state index in [1.165, 1.54) is 20.2 Å². The van der Waals surface area contributed by atoms with Crippen LogP contribution in [0.15, 0.2) is 21.6 Å². The smallest absolute Gasteiger partial charge is 0.275 e. The predicted molar refractivity (Wildman–Crippen MR) is 70.1 cm³/mol. The summed E-state index contributed by atoms with van der Waals surface area (Å²) < 4.78 is 30.3. The number of aliphatic hydroxyl groups excluding tert-OH is 1. The van der Waals surface area contributed by atoms with Crippen molar-refractivity contribution in [2.75, 3.05) is 27.2 Å². The van der Waals surface area contributed by atoms with Crippen LogP contribution in [0.3, 0.4) is 0 Å². The van der Waals surface area contributed by atoms with Crippen molar-refractivity contribution in [1.82, 2.24) is 9.21 Å². The Bertz CT molecular complexity index is 516. The Morgan fingerprint density at radius 1 is 1.37 bits per heavy atom. The van der Waals surface area contributed by atoms with Gasteiger partial charge < -0.3 is 9.52 Å². The molecule has 0 radical (unpaired) electrons. The second-order valence-electron chi connectivity index (χ2n) is 5.02. The summed E-state index contributed by atoms with van der Waals surface area (Å²) in [6.45, 7) is 2.19. The number of furan rings is 1. The van der Waals surface area contributed by atoms with Gasteiger partial charge >= 0.3 is 0 Å². The van der Waals surface area contributed by atoms with Crippen LogP contribution in [0.5, 0.6) is 0 Å². The molecule has 0 unspecified atom stereocenters. The number of hydrogen-bond donors (Lipinski definition) is 1. The van der Waals surface area contributed by atoms with Crippen molar-refractivity contribution < 1.29 is 17.9 Å². The second kappa shape index (κ2) is 5.62. The molecular weight excluding hydrogens is 268 g/mol. The molecule has 7 heteroatoms. The lowest BCUT2D eigenvalue weighted by Crippen LogP contribution is -2.35. The first kappa shape index (κ1) is 14.5. The lowest BCUT2D eigenvalue weighted by Gasteiger charge is -2.28. The first-order valence-electron chi connectivity index (χ1n) is 6.31. The van der Waals surface area contributed by atoms with E-state index in [9.17, 15) is 13.5 Å². The summed E-state index contributed by atoms with van der Waals surface area (Å²) in [5.41, 5.74) is 0. The molecule has 1 aliphatic heterocycles. The van der Waals surface area contributed by atoms with E-state index in [1.54, 1.807) is 6.07 Å². The van der Waals surface area contributed by atoms with Crippen molar-refractivity contribution in [3.05, 3.63) is 17.9 Å². The Morgan fingerprint density at radius 2 is 2.00 bits per heavy atom. The molecule has 1 N–H and O–H groups in total. The zero-order valence-corrected chi connectivity index (χ0v) is 12.1. The van der Waals surface area contributed by atoms with Crippen LogP contribution in [0, 0.1) is 0 Å². The van der Waals surface area contributed by atoms with Crippen molar-refractivity contribution in [1.29, 1.82) is 0 Å². The average molecular weight is 288 g/mol. The molecule has 0 amide bonds. The number of hydrogen-bond acceptors (Lipinski definition) is 5. The SMILES string of the molecule is CN(C)S(=O)(=O)c1ccc(CN2CCC(O)CC2)o1. The Labute approximate surface area is 113 Å². The van der Waals surface area contributed by atoms with Crippen LogP contribution < -0.4 is 0 Å². The van der Waals surface area contributed by atoms with Gasteiger partial charge in [-0.05, 0) is 25.0 Å². The van der Waals surface area contributed by atoms with Gasteiger partial charge in [-0.3, -0.25) is 4.90 Å². The molecular formula is C12H20N2O4S. The summed E-state index contributed by atoms with van der Waals surface area (Å²) in [5.74, 6) is 0.636. The monoisotopic (exact) mass is 288 g/mol. The van der Waals surface area contributed by atoms with Gasteiger partial charge in [0.2, 0.25) is 5.09 Å². The van der Waals surface area contributed by atoms with E-state index >= 15 is 0 Å². The van der Waals surface area contributed by atoms with Gasteiger partial charge in [0.25, 0.3) is 10.0 Å². The maximum Gasteiger partial charge on any atom is 0.275 e. The van der Waals surface area contributed by atoms with E-state index < -0.39 is 10.0 Å². The van der Waals surface area contributed by atoms with Crippen LogP contribution in [0.25, 0.3) is 0 Å². The maximum atomic E-state index is 11.9. The molecule has 1 fully saturated rings. The standard InChI is InChI=1S/C12H20N2O4S/c1-13(2)19(16,17)12-4-3-11(18-12)9-14-7-5-10(15)6-8-14/h3-4,10,15H,5-9H2,1-2H3. The molecule has 0 spiro atoms. The molecule has 0 bridgehead atoms. The summed E-state index contributed by atoms with van der Waals surface area (Å²) in [6, 6.07) is 3.19.